The number of aliphatic hydroxyl groups is 1. The molecule has 0 amide bonds. The minimum Gasteiger partial charge on any atom is -0.392 e. The maximum Gasteiger partial charge on any atom is 0.0653 e. The Morgan fingerprint density at radius 3 is 3.00 bits per heavy atom. The van der Waals surface area contributed by atoms with Crippen molar-refractivity contribution in [3.05, 3.63) is 30.1 Å². The number of aryl methyl sites for hydroxylation is 1. The van der Waals surface area contributed by atoms with Crippen molar-refractivity contribution in [3.8, 4) is 12.3 Å². The van der Waals surface area contributed by atoms with E-state index in [0.29, 0.717) is 12.8 Å². The zero-order valence-electron chi connectivity index (χ0n) is 7.48. The maximum absolute atomic E-state index is 9.34. The molecule has 0 aromatic carbocycles. The van der Waals surface area contributed by atoms with Crippen molar-refractivity contribution < 1.29 is 5.11 Å². The monoisotopic (exact) mass is 175 g/mol. The number of aromatic nitrogens is 1. The molecule has 1 heterocycles. The summed E-state index contributed by atoms with van der Waals surface area (Å²) >= 11 is 0. The second-order valence-corrected chi connectivity index (χ2v) is 2.92. The Kier molecular flexibility index (Phi) is 4.01. The van der Waals surface area contributed by atoms with Crippen LogP contribution in [-0.2, 0) is 6.42 Å². The van der Waals surface area contributed by atoms with Crippen molar-refractivity contribution in [1.29, 1.82) is 0 Å². The van der Waals surface area contributed by atoms with E-state index in [4.69, 9.17) is 6.42 Å². The van der Waals surface area contributed by atoms with Crippen molar-refractivity contribution in [1.82, 2.24) is 4.98 Å². The van der Waals surface area contributed by atoms with Gasteiger partial charge in [0.05, 0.1) is 6.10 Å². The molecule has 0 fully saturated rings. The first-order valence-electron chi connectivity index (χ1n) is 4.34. The van der Waals surface area contributed by atoms with E-state index in [9.17, 15) is 5.11 Å². The lowest BCUT2D eigenvalue weighted by Crippen LogP contribution is -2.06. The van der Waals surface area contributed by atoms with Crippen molar-refractivity contribution in [2.75, 3.05) is 0 Å². The highest BCUT2D eigenvalue weighted by Crippen LogP contribution is 2.03. The number of terminal acetylenes is 1. The van der Waals surface area contributed by atoms with Crippen LogP contribution in [0, 0.1) is 12.3 Å². The summed E-state index contributed by atoms with van der Waals surface area (Å²) in [6, 6.07) is 5.76. The van der Waals surface area contributed by atoms with Crippen LogP contribution in [0.1, 0.15) is 18.5 Å². The summed E-state index contributed by atoms with van der Waals surface area (Å²) in [5.74, 6) is 2.43. The van der Waals surface area contributed by atoms with E-state index >= 15 is 0 Å². The highest BCUT2D eigenvalue weighted by atomic mass is 16.3. The molecule has 1 unspecified atom stereocenters. The van der Waals surface area contributed by atoms with Crippen LogP contribution in [0.5, 0.6) is 0 Å². The third-order valence-corrected chi connectivity index (χ3v) is 1.81. The number of aliphatic hydroxyl groups excluding tert-OH is 1. The van der Waals surface area contributed by atoms with Gasteiger partial charge in [-0.3, -0.25) is 4.98 Å². The van der Waals surface area contributed by atoms with Crippen LogP contribution >= 0.6 is 0 Å². The molecule has 1 rings (SSSR count). The van der Waals surface area contributed by atoms with E-state index in [0.717, 1.165) is 12.1 Å². The van der Waals surface area contributed by atoms with Gasteiger partial charge in [-0.1, -0.05) is 6.07 Å². The van der Waals surface area contributed by atoms with Gasteiger partial charge in [-0.2, -0.15) is 0 Å². The van der Waals surface area contributed by atoms with E-state index in [1.54, 1.807) is 6.20 Å². The Labute approximate surface area is 78.6 Å². The lowest BCUT2D eigenvalue weighted by molar-refractivity contribution is 0.170. The number of hydrogen-bond acceptors (Lipinski definition) is 2. The van der Waals surface area contributed by atoms with Crippen LogP contribution in [0.3, 0.4) is 0 Å². The Balaban J connectivity index is 2.32. The first-order valence-corrected chi connectivity index (χ1v) is 4.34. The lowest BCUT2D eigenvalue weighted by atomic mass is 10.1. The van der Waals surface area contributed by atoms with E-state index in [2.05, 4.69) is 10.9 Å². The van der Waals surface area contributed by atoms with Gasteiger partial charge >= 0.3 is 0 Å². The third kappa shape index (κ3) is 3.73. The molecule has 0 radical (unpaired) electrons. The van der Waals surface area contributed by atoms with Crippen molar-refractivity contribution >= 4 is 0 Å². The molecule has 0 aliphatic rings. The number of pyridine rings is 1. The molecule has 13 heavy (non-hydrogen) atoms. The summed E-state index contributed by atoms with van der Waals surface area (Å²) in [4.78, 5) is 4.15. The molecule has 1 N–H and O–H groups in total. The zero-order valence-corrected chi connectivity index (χ0v) is 7.48. The summed E-state index contributed by atoms with van der Waals surface area (Å²) in [7, 11) is 0. The van der Waals surface area contributed by atoms with Gasteiger partial charge < -0.3 is 5.11 Å². The predicted octanol–water partition coefficient (Wildman–Crippen LogP) is 1.40. The highest BCUT2D eigenvalue weighted by molar-refractivity contribution is 5.03. The summed E-state index contributed by atoms with van der Waals surface area (Å²) in [6.45, 7) is 0. The van der Waals surface area contributed by atoms with Gasteiger partial charge in [-0.25, -0.2) is 0 Å². The molecule has 1 aromatic rings. The van der Waals surface area contributed by atoms with Gasteiger partial charge in [0.1, 0.15) is 0 Å². The molecule has 2 nitrogen and oxygen atoms in total. The average Bonchev–Trinajstić information content (AvgIpc) is 2.17. The fourth-order valence-electron chi connectivity index (χ4n) is 1.10. The number of rotatable bonds is 4. The standard InChI is InChI=1S/C11H13NO/c1-2-5-11(13)8-7-10-6-3-4-9-12-10/h1,3-4,6,9,11,13H,5,7-8H2. The molecule has 1 atom stereocenters. The fraction of sp³-hybridized carbons (Fsp3) is 0.364. The van der Waals surface area contributed by atoms with Crippen LogP contribution in [0.4, 0.5) is 0 Å². The predicted molar refractivity (Wildman–Crippen MR) is 52.0 cm³/mol. The summed E-state index contributed by atoms with van der Waals surface area (Å²) in [5, 5.41) is 9.34. The van der Waals surface area contributed by atoms with Gasteiger partial charge in [0, 0.05) is 18.3 Å². The van der Waals surface area contributed by atoms with E-state index < -0.39 is 6.10 Å². The van der Waals surface area contributed by atoms with Crippen LogP contribution in [-0.4, -0.2) is 16.2 Å². The molecule has 0 bridgehead atoms. The van der Waals surface area contributed by atoms with Gasteiger partial charge in [0.25, 0.3) is 0 Å². The number of hydrogen-bond donors (Lipinski definition) is 1. The lowest BCUT2D eigenvalue weighted by Gasteiger charge is -2.05. The SMILES string of the molecule is C#CCC(O)CCc1ccccn1. The van der Waals surface area contributed by atoms with Crippen LogP contribution in [0.25, 0.3) is 0 Å². The molecule has 1 aromatic heterocycles. The molecule has 0 aliphatic heterocycles. The Morgan fingerprint density at radius 1 is 1.54 bits per heavy atom. The van der Waals surface area contributed by atoms with E-state index in [-0.39, 0.29) is 0 Å². The Morgan fingerprint density at radius 2 is 2.38 bits per heavy atom. The molecule has 0 spiro atoms. The second kappa shape index (κ2) is 5.34. The molecular formula is C11H13NO. The van der Waals surface area contributed by atoms with Crippen LogP contribution in [0.15, 0.2) is 24.4 Å². The van der Waals surface area contributed by atoms with Crippen molar-refractivity contribution in [2.45, 2.75) is 25.4 Å². The minimum atomic E-state index is -0.396. The first-order chi connectivity index (χ1) is 6.33. The molecule has 0 saturated carbocycles. The van der Waals surface area contributed by atoms with Crippen molar-refractivity contribution in [2.24, 2.45) is 0 Å². The van der Waals surface area contributed by atoms with Gasteiger partial charge in [0.2, 0.25) is 0 Å². The van der Waals surface area contributed by atoms with E-state index in [1.165, 1.54) is 0 Å². The van der Waals surface area contributed by atoms with Gasteiger partial charge in [0.15, 0.2) is 0 Å². The van der Waals surface area contributed by atoms with Gasteiger partial charge in [-0.05, 0) is 25.0 Å². The highest BCUT2D eigenvalue weighted by Gasteiger charge is 2.02. The molecular weight excluding hydrogens is 162 g/mol. The molecule has 68 valence electrons. The third-order valence-electron chi connectivity index (χ3n) is 1.81. The zero-order chi connectivity index (χ0) is 9.52. The van der Waals surface area contributed by atoms with Crippen LogP contribution in [0.2, 0.25) is 0 Å². The topological polar surface area (TPSA) is 33.1 Å². The quantitative estimate of drug-likeness (QED) is 0.702. The van der Waals surface area contributed by atoms with Crippen molar-refractivity contribution in [3.63, 3.8) is 0 Å². The minimum absolute atomic E-state index is 0.396. The average molecular weight is 175 g/mol. The summed E-state index contributed by atoms with van der Waals surface area (Å²) in [6.07, 6.45) is 8.32. The largest absolute Gasteiger partial charge is 0.392 e. The Bertz CT molecular complexity index is 276. The fourth-order valence-corrected chi connectivity index (χ4v) is 1.10. The van der Waals surface area contributed by atoms with Crippen LogP contribution < -0.4 is 0 Å². The molecule has 0 aliphatic carbocycles. The smallest absolute Gasteiger partial charge is 0.0653 e. The first kappa shape index (κ1) is 9.76. The number of nitrogens with zero attached hydrogens (tertiary/aromatic N) is 1. The summed E-state index contributed by atoms with van der Waals surface area (Å²) in [5.41, 5.74) is 0.999. The maximum atomic E-state index is 9.34. The van der Waals surface area contributed by atoms with Gasteiger partial charge in [-0.15, -0.1) is 12.3 Å². The molecule has 0 saturated heterocycles. The summed E-state index contributed by atoms with van der Waals surface area (Å²) < 4.78 is 0. The molecule has 2 heteroatoms. The van der Waals surface area contributed by atoms with E-state index in [1.807, 2.05) is 18.2 Å². The normalized spacial score (nSPS) is 12.0. The Hall–Kier alpha value is -1.33. The second-order valence-electron chi connectivity index (χ2n) is 2.92.